The van der Waals surface area contributed by atoms with Crippen molar-refractivity contribution in [3.63, 3.8) is 0 Å². The Morgan fingerprint density at radius 3 is 2.61 bits per heavy atom. The first kappa shape index (κ1) is 20.3. The molecule has 28 heavy (non-hydrogen) atoms. The highest BCUT2D eigenvalue weighted by molar-refractivity contribution is 7.12. The number of aromatic nitrogens is 2. The lowest BCUT2D eigenvalue weighted by Crippen LogP contribution is -2.24. The Labute approximate surface area is 171 Å². The van der Waals surface area contributed by atoms with Gasteiger partial charge in [-0.1, -0.05) is 38.1 Å². The summed E-state index contributed by atoms with van der Waals surface area (Å²) in [5.74, 6) is -0.0509. The van der Waals surface area contributed by atoms with Crippen LogP contribution in [-0.2, 0) is 13.1 Å². The Morgan fingerprint density at radius 2 is 1.93 bits per heavy atom. The number of hydrogen-bond donors (Lipinski definition) is 1. The lowest BCUT2D eigenvalue weighted by Gasteiger charge is -2.18. The Hall–Kier alpha value is -2.44. The van der Waals surface area contributed by atoms with Crippen molar-refractivity contribution in [3.05, 3.63) is 70.0 Å². The van der Waals surface area contributed by atoms with Crippen molar-refractivity contribution in [3.8, 4) is 5.13 Å². The van der Waals surface area contributed by atoms with E-state index in [9.17, 15) is 4.79 Å². The summed E-state index contributed by atoms with van der Waals surface area (Å²) in [7, 11) is 0. The predicted molar refractivity (Wildman–Crippen MR) is 115 cm³/mol. The van der Waals surface area contributed by atoms with E-state index in [2.05, 4.69) is 53.3 Å². The van der Waals surface area contributed by atoms with Crippen molar-refractivity contribution in [1.82, 2.24) is 19.8 Å². The molecule has 5 nitrogen and oxygen atoms in total. The molecule has 0 spiro atoms. The minimum atomic E-state index is -0.0509. The summed E-state index contributed by atoms with van der Waals surface area (Å²) in [4.78, 5) is 19.5. The number of amides is 1. The molecule has 0 saturated heterocycles. The summed E-state index contributed by atoms with van der Waals surface area (Å²) < 4.78 is 2.03. The van der Waals surface area contributed by atoms with Crippen LogP contribution >= 0.6 is 11.3 Å². The Bertz CT molecular complexity index is 926. The third-order valence-corrected chi connectivity index (χ3v) is 5.79. The van der Waals surface area contributed by atoms with Gasteiger partial charge in [-0.05, 0) is 44.1 Å². The number of nitrogens with zero attached hydrogens (tertiary/aromatic N) is 3. The van der Waals surface area contributed by atoms with Gasteiger partial charge in [0.15, 0.2) is 5.13 Å². The van der Waals surface area contributed by atoms with Gasteiger partial charge in [0, 0.05) is 36.1 Å². The first-order valence-electron chi connectivity index (χ1n) is 9.70. The highest BCUT2D eigenvalue weighted by atomic mass is 32.1. The van der Waals surface area contributed by atoms with E-state index in [0.717, 1.165) is 41.7 Å². The molecular formula is C22H28N4OS. The van der Waals surface area contributed by atoms with Crippen molar-refractivity contribution in [2.24, 2.45) is 0 Å². The van der Waals surface area contributed by atoms with Crippen LogP contribution in [0.5, 0.6) is 0 Å². The highest BCUT2D eigenvalue weighted by Gasteiger charge is 2.17. The number of carbonyl (C=O) groups is 1. The van der Waals surface area contributed by atoms with Crippen LogP contribution in [0, 0.1) is 13.8 Å². The summed E-state index contributed by atoms with van der Waals surface area (Å²) in [6.07, 6.45) is 1.78. The smallest absolute Gasteiger partial charge is 0.253 e. The van der Waals surface area contributed by atoms with Crippen LogP contribution < -0.4 is 5.32 Å². The molecule has 2 aromatic heterocycles. The normalized spacial score (nSPS) is 11.2. The van der Waals surface area contributed by atoms with Gasteiger partial charge in [0.2, 0.25) is 0 Å². The van der Waals surface area contributed by atoms with Crippen molar-refractivity contribution in [2.45, 2.75) is 40.8 Å². The van der Waals surface area contributed by atoms with Crippen LogP contribution in [0.25, 0.3) is 5.13 Å². The summed E-state index contributed by atoms with van der Waals surface area (Å²) in [5, 5.41) is 5.90. The van der Waals surface area contributed by atoms with E-state index in [4.69, 9.17) is 0 Å². The molecule has 0 aliphatic rings. The van der Waals surface area contributed by atoms with Crippen molar-refractivity contribution < 1.29 is 4.79 Å². The second-order valence-corrected chi connectivity index (χ2v) is 7.77. The maximum Gasteiger partial charge on any atom is 0.253 e. The largest absolute Gasteiger partial charge is 0.348 e. The zero-order chi connectivity index (χ0) is 20.1. The SMILES string of the molecule is CCN(CC)Cc1cccc(CNC(=O)c2cc(C)n(-c3nccs3)c2C)c1. The van der Waals surface area contributed by atoms with Gasteiger partial charge in [-0.25, -0.2) is 4.98 Å². The van der Waals surface area contributed by atoms with E-state index in [-0.39, 0.29) is 5.91 Å². The standard InChI is InChI=1S/C22H28N4OS/c1-5-25(6-2)15-19-9-7-8-18(13-19)14-24-21(27)20-12-16(3)26(17(20)4)22-23-10-11-28-22/h7-13H,5-6,14-15H2,1-4H3,(H,24,27). The number of carbonyl (C=O) groups excluding carboxylic acids is 1. The molecule has 0 fully saturated rings. The van der Waals surface area contributed by atoms with E-state index in [1.165, 1.54) is 5.56 Å². The molecule has 1 N–H and O–H groups in total. The topological polar surface area (TPSA) is 50.2 Å². The molecule has 3 aromatic rings. The summed E-state index contributed by atoms with van der Waals surface area (Å²) in [6, 6.07) is 10.4. The average molecular weight is 397 g/mol. The molecule has 0 aliphatic carbocycles. The fourth-order valence-corrected chi connectivity index (χ4v) is 4.19. The van der Waals surface area contributed by atoms with Crippen LogP contribution in [0.1, 0.15) is 46.7 Å². The Balaban J connectivity index is 1.69. The third-order valence-electron chi connectivity index (χ3n) is 5.03. The number of nitrogens with one attached hydrogen (secondary N) is 1. The Kier molecular flexibility index (Phi) is 6.65. The van der Waals surface area contributed by atoms with Gasteiger partial charge in [-0.3, -0.25) is 14.3 Å². The lowest BCUT2D eigenvalue weighted by atomic mass is 10.1. The molecule has 0 aliphatic heterocycles. The monoisotopic (exact) mass is 396 g/mol. The van der Waals surface area contributed by atoms with Crippen molar-refractivity contribution >= 4 is 17.2 Å². The molecule has 6 heteroatoms. The molecule has 2 heterocycles. The van der Waals surface area contributed by atoms with Crippen LogP contribution in [0.3, 0.4) is 0 Å². The summed E-state index contributed by atoms with van der Waals surface area (Å²) >= 11 is 1.57. The predicted octanol–water partition coefficient (Wildman–Crippen LogP) is 4.32. The van der Waals surface area contributed by atoms with Crippen molar-refractivity contribution in [1.29, 1.82) is 0 Å². The van der Waals surface area contributed by atoms with E-state index in [1.807, 2.05) is 29.9 Å². The fraction of sp³-hybridized carbons (Fsp3) is 0.364. The third kappa shape index (κ3) is 4.51. The Morgan fingerprint density at radius 1 is 1.18 bits per heavy atom. The zero-order valence-electron chi connectivity index (χ0n) is 17.0. The quantitative estimate of drug-likeness (QED) is 0.617. The van der Waals surface area contributed by atoms with Gasteiger partial charge in [0.25, 0.3) is 5.91 Å². The van der Waals surface area contributed by atoms with Gasteiger partial charge in [-0.15, -0.1) is 11.3 Å². The van der Waals surface area contributed by atoms with Gasteiger partial charge in [-0.2, -0.15) is 0 Å². The number of aryl methyl sites for hydroxylation is 1. The van der Waals surface area contributed by atoms with E-state index < -0.39 is 0 Å². The van der Waals surface area contributed by atoms with E-state index in [0.29, 0.717) is 12.1 Å². The average Bonchev–Trinajstić information content (AvgIpc) is 3.32. The van der Waals surface area contributed by atoms with Gasteiger partial charge < -0.3 is 5.32 Å². The number of benzene rings is 1. The molecule has 1 amide bonds. The second kappa shape index (κ2) is 9.17. The zero-order valence-corrected chi connectivity index (χ0v) is 17.8. The van der Waals surface area contributed by atoms with Crippen LogP contribution in [-0.4, -0.2) is 33.4 Å². The molecule has 3 rings (SSSR count). The highest BCUT2D eigenvalue weighted by Crippen LogP contribution is 2.22. The van der Waals surface area contributed by atoms with Gasteiger partial charge in [0.05, 0.1) is 5.56 Å². The number of thiazole rings is 1. The number of hydrogen-bond acceptors (Lipinski definition) is 4. The van der Waals surface area contributed by atoms with E-state index >= 15 is 0 Å². The minimum Gasteiger partial charge on any atom is -0.348 e. The molecule has 0 bridgehead atoms. The molecule has 1 aromatic carbocycles. The van der Waals surface area contributed by atoms with Crippen molar-refractivity contribution in [2.75, 3.05) is 13.1 Å². The molecule has 0 unspecified atom stereocenters. The number of rotatable bonds is 8. The first-order chi connectivity index (χ1) is 13.5. The molecule has 0 saturated carbocycles. The molecule has 0 radical (unpaired) electrons. The summed E-state index contributed by atoms with van der Waals surface area (Å²) in [5.41, 5.74) is 5.02. The maximum atomic E-state index is 12.8. The van der Waals surface area contributed by atoms with Gasteiger partial charge in [0.1, 0.15) is 0 Å². The van der Waals surface area contributed by atoms with E-state index in [1.54, 1.807) is 17.5 Å². The van der Waals surface area contributed by atoms with Gasteiger partial charge >= 0.3 is 0 Å². The molecule has 148 valence electrons. The summed E-state index contributed by atoms with van der Waals surface area (Å²) in [6.45, 7) is 11.8. The fourth-order valence-electron chi connectivity index (χ4n) is 3.43. The molecule has 0 atom stereocenters. The van der Waals surface area contributed by atoms with Crippen LogP contribution in [0.15, 0.2) is 41.9 Å². The lowest BCUT2D eigenvalue weighted by molar-refractivity contribution is 0.0950. The minimum absolute atomic E-state index is 0.0509. The first-order valence-corrected chi connectivity index (χ1v) is 10.6. The van der Waals surface area contributed by atoms with Crippen LogP contribution in [0.2, 0.25) is 0 Å². The van der Waals surface area contributed by atoms with Crippen LogP contribution in [0.4, 0.5) is 0 Å². The molecular weight excluding hydrogens is 368 g/mol. The maximum absolute atomic E-state index is 12.8. The second-order valence-electron chi connectivity index (χ2n) is 6.90.